The highest BCUT2D eigenvalue weighted by atomic mass is 16.5. The first-order valence-corrected chi connectivity index (χ1v) is 11.3. The molecule has 2 aromatic heterocycles. The Bertz CT molecular complexity index is 1190. The molecule has 0 unspecified atom stereocenters. The summed E-state index contributed by atoms with van der Waals surface area (Å²) in [7, 11) is 1.32. The Morgan fingerprint density at radius 2 is 2.00 bits per heavy atom. The second-order valence-corrected chi connectivity index (χ2v) is 8.61. The van der Waals surface area contributed by atoms with Crippen molar-refractivity contribution in [3.63, 3.8) is 0 Å². The molecule has 0 aliphatic carbocycles. The van der Waals surface area contributed by atoms with Crippen LogP contribution in [0.25, 0.3) is 10.9 Å². The number of methoxy groups -OCH3 is 1. The van der Waals surface area contributed by atoms with Gasteiger partial charge in [0.05, 0.1) is 18.6 Å². The fourth-order valence-electron chi connectivity index (χ4n) is 4.71. The number of benzene rings is 1. The molecule has 4 rings (SSSR count). The van der Waals surface area contributed by atoms with Crippen LogP contribution in [0.2, 0.25) is 0 Å². The molecule has 8 nitrogen and oxygen atoms in total. The number of aromatic nitrogens is 2. The number of likely N-dealkylation sites (tertiary alicyclic amines) is 1. The molecule has 3 N–H and O–H groups in total. The zero-order valence-corrected chi connectivity index (χ0v) is 19.3. The van der Waals surface area contributed by atoms with Gasteiger partial charge >= 0.3 is 5.97 Å². The summed E-state index contributed by atoms with van der Waals surface area (Å²) in [4.78, 5) is 46.0. The lowest BCUT2D eigenvalue weighted by Gasteiger charge is -2.32. The molecule has 1 aliphatic rings. The molecule has 0 spiro atoms. The van der Waals surface area contributed by atoms with E-state index in [4.69, 9.17) is 4.74 Å². The second-order valence-electron chi connectivity index (χ2n) is 8.61. The number of rotatable bonds is 6. The smallest absolute Gasteiger partial charge is 0.339 e. The number of aryl methyl sites for hydroxylation is 1. The summed E-state index contributed by atoms with van der Waals surface area (Å²) in [5.74, 6) is -0.933. The summed E-state index contributed by atoms with van der Waals surface area (Å²) in [6.45, 7) is 4.98. The van der Waals surface area contributed by atoms with Crippen LogP contribution >= 0.6 is 0 Å². The van der Waals surface area contributed by atoms with Gasteiger partial charge in [0.2, 0.25) is 5.91 Å². The number of H-pyrrole nitrogens is 2. The number of aromatic amines is 2. The summed E-state index contributed by atoms with van der Waals surface area (Å²) in [5.41, 5.74) is 4.22. The van der Waals surface area contributed by atoms with Gasteiger partial charge in [0.1, 0.15) is 5.69 Å². The SMILES string of the molecule is COC(=O)c1c(C)[nH]c(C(=O)N2CCC[C@H](C(=O)NCCc3c[nH]c4ccccc34)C2)c1C. The molecule has 0 saturated carbocycles. The molecule has 174 valence electrons. The van der Waals surface area contributed by atoms with Crippen molar-refractivity contribution in [2.45, 2.75) is 33.1 Å². The number of fused-ring (bicyclic) bond motifs is 1. The number of amides is 2. The number of nitrogens with zero attached hydrogens (tertiary/aromatic N) is 1. The predicted molar refractivity (Wildman–Crippen MR) is 125 cm³/mol. The minimum atomic E-state index is -0.466. The molecule has 1 aromatic carbocycles. The van der Waals surface area contributed by atoms with Crippen molar-refractivity contribution in [3.05, 3.63) is 58.5 Å². The summed E-state index contributed by atoms with van der Waals surface area (Å²) < 4.78 is 4.83. The van der Waals surface area contributed by atoms with E-state index >= 15 is 0 Å². The molecule has 1 saturated heterocycles. The number of carbonyl (C=O) groups excluding carboxylic acids is 3. The molecule has 1 aliphatic heterocycles. The third kappa shape index (κ3) is 4.51. The van der Waals surface area contributed by atoms with Gasteiger partial charge in [-0.3, -0.25) is 9.59 Å². The Hall–Kier alpha value is -3.55. The fourth-order valence-corrected chi connectivity index (χ4v) is 4.71. The first-order chi connectivity index (χ1) is 15.9. The van der Waals surface area contributed by atoms with Crippen LogP contribution in [-0.2, 0) is 16.0 Å². The number of para-hydroxylation sites is 1. The maximum absolute atomic E-state index is 13.2. The van der Waals surface area contributed by atoms with Gasteiger partial charge in [-0.2, -0.15) is 0 Å². The fraction of sp³-hybridized carbons (Fsp3) is 0.400. The van der Waals surface area contributed by atoms with Gasteiger partial charge in [0.25, 0.3) is 5.91 Å². The maximum atomic E-state index is 13.2. The van der Waals surface area contributed by atoms with Gasteiger partial charge in [-0.15, -0.1) is 0 Å². The van der Waals surface area contributed by atoms with E-state index < -0.39 is 5.97 Å². The number of hydrogen-bond acceptors (Lipinski definition) is 4. The third-order valence-electron chi connectivity index (χ3n) is 6.49. The van der Waals surface area contributed by atoms with Crippen molar-refractivity contribution in [2.24, 2.45) is 5.92 Å². The standard InChI is InChI=1S/C25H30N4O4/c1-15-21(25(32)33-3)16(2)28-22(15)24(31)29-12-6-7-18(14-29)23(30)26-11-10-17-13-27-20-9-5-4-8-19(17)20/h4-5,8-9,13,18,27-28H,6-7,10-12,14H2,1-3H3,(H,26,30)/t18-/m0/s1. The highest BCUT2D eigenvalue weighted by molar-refractivity contribution is 6.00. The van der Waals surface area contributed by atoms with Gasteiger partial charge in [-0.1, -0.05) is 18.2 Å². The van der Waals surface area contributed by atoms with E-state index in [1.807, 2.05) is 24.4 Å². The average molecular weight is 451 g/mol. The average Bonchev–Trinajstić information content (AvgIpc) is 3.38. The Labute approximate surface area is 192 Å². The predicted octanol–water partition coefficient (Wildman–Crippen LogP) is 3.11. The highest BCUT2D eigenvalue weighted by Crippen LogP contribution is 2.24. The maximum Gasteiger partial charge on any atom is 0.339 e. The molecule has 1 atom stereocenters. The van der Waals surface area contributed by atoms with Crippen LogP contribution in [0.15, 0.2) is 30.5 Å². The van der Waals surface area contributed by atoms with Crippen LogP contribution in [0.3, 0.4) is 0 Å². The topological polar surface area (TPSA) is 107 Å². The summed E-state index contributed by atoms with van der Waals surface area (Å²) in [6, 6.07) is 8.11. The number of carbonyl (C=O) groups is 3. The molecule has 2 amide bonds. The molecule has 3 aromatic rings. The number of piperidine rings is 1. The Balaban J connectivity index is 1.36. The number of nitrogens with one attached hydrogen (secondary N) is 3. The van der Waals surface area contributed by atoms with E-state index in [0.29, 0.717) is 42.1 Å². The zero-order valence-electron chi connectivity index (χ0n) is 19.3. The van der Waals surface area contributed by atoms with E-state index in [1.165, 1.54) is 18.1 Å². The van der Waals surface area contributed by atoms with Crippen molar-refractivity contribution in [1.29, 1.82) is 0 Å². The van der Waals surface area contributed by atoms with Crippen LogP contribution in [-0.4, -0.2) is 59.4 Å². The van der Waals surface area contributed by atoms with E-state index in [2.05, 4.69) is 21.4 Å². The molecule has 33 heavy (non-hydrogen) atoms. The highest BCUT2D eigenvalue weighted by Gasteiger charge is 2.31. The Morgan fingerprint density at radius 3 is 2.79 bits per heavy atom. The third-order valence-corrected chi connectivity index (χ3v) is 6.49. The minimum Gasteiger partial charge on any atom is -0.465 e. The molecular weight excluding hydrogens is 420 g/mol. The lowest BCUT2D eigenvalue weighted by Crippen LogP contribution is -2.46. The van der Waals surface area contributed by atoms with Crippen molar-refractivity contribution < 1.29 is 19.1 Å². The molecule has 0 radical (unpaired) electrons. The van der Waals surface area contributed by atoms with E-state index in [1.54, 1.807) is 18.7 Å². The summed E-state index contributed by atoms with van der Waals surface area (Å²) >= 11 is 0. The van der Waals surface area contributed by atoms with Gasteiger partial charge in [-0.05, 0) is 50.3 Å². The largest absolute Gasteiger partial charge is 0.465 e. The van der Waals surface area contributed by atoms with Crippen LogP contribution in [0.1, 0.15) is 50.5 Å². The van der Waals surface area contributed by atoms with E-state index in [9.17, 15) is 14.4 Å². The quantitative estimate of drug-likeness (QED) is 0.502. The van der Waals surface area contributed by atoms with E-state index in [0.717, 1.165) is 24.8 Å². The van der Waals surface area contributed by atoms with Crippen LogP contribution in [0, 0.1) is 19.8 Å². The zero-order chi connectivity index (χ0) is 23.5. The van der Waals surface area contributed by atoms with Gasteiger partial charge < -0.3 is 24.9 Å². The normalized spacial score (nSPS) is 16.1. The first-order valence-electron chi connectivity index (χ1n) is 11.3. The van der Waals surface area contributed by atoms with Crippen molar-refractivity contribution >= 4 is 28.7 Å². The molecule has 1 fully saturated rings. The Kier molecular flexibility index (Phi) is 6.53. The first kappa shape index (κ1) is 22.6. The van der Waals surface area contributed by atoms with E-state index in [-0.39, 0.29) is 17.7 Å². The monoisotopic (exact) mass is 450 g/mol. The van der Waals surface area contributed by atoms with Crippen molar-refractivity contribution in [1.82, 2.24) is 20.2 Å². The van der Waals surface area contributed by atoms with Gasteiger partial charge in [0.15, 0.2) is 0 Å². The van der Waals surface area contributed by atoms with Crippen LogP contribution < -0.4 is 5.32 Å². The second kappa shape index (κ2) is 9.52. The summed E-state index contributed by atoms with van der Waals surface area (Å²) in [5, 5.41) is 4.21. The number of esters is 1. The number of hydrogen-bond donors (Lipinski definition) is 3. The summed E-state index contributed by atoms with van der Waals surface area (Å²) in [6.07, 6.45) is 4.23. The van der Waals surface area contributed by atoms with Crippen LogP contribution in [0.5, 0.6) is 0 Å². The molecular formula is C25H30N4O4. The molecule has 8 heteroatoms. The van der Waals surface area contributed by atoms with Crippen LogP contribution in [0.4, 0.5) is 0 Å². The molecule has 3 heterocycles. The lowest BCUT2D eigenvalue weighted by molar-refractivity contribution is -0.126. The lowest BCUT2D eigenvalue weighted by atomic mass is 9.96. The van der Waals surface area contributed by atoms with Crippen molar-refractivity contribution in [3.8, 4) is 0 Å². The number of ether oxygens (including phenoxy) is 1. The van der Waals surface area contributed by atoms with Gasteiger partial charge in [0, 0.05) is 42.4 Å². The van der Waals surface area contributed by atoms with Crippen molar-refractivity contribution in [2.75, 3.05) is 26.7 Å². The minimum absolute atomic E-state index is 0.0259. The molecule has 0 bridgehead atoms. The van der Waals surface area contributed by atoms with Gasteiger partial charge in [-0.25, -0.2) is 4.79 Å². The Morgan fingerprint density at radius 1 is 1.21 bits per heavy atom.